The molecule has 0 aliphatic heterocycles. The number of hydrogen-bond donors (Lipinski definition) is 3. The zero-order chi connectivity index (χ0) is 24.6. The van der Waals surface area contributed by atoms with Gasteiger partial charge in [-0.3, -0.25) is 14.9 Å². The van der Waals surface area contributed by atoms with E-state index in [1.807, 2.05) is 49.1 Å². The predicted molar refractivity (Wildman–Crippen MR) is 140 cm³/mol. The van der Waals surface area contributed by atoms with Gasteiger partial charge < -0.3 is 14.9 Å². The zero-order valence-electron chi connectivity index (χ0n) is 19.9. The van der Waals surface area contributed by atoms with Crippen LogP contribution in [0.15, 0.2) is 67.5 Å². The Morgan fingerprint density at radius 1 is 1.06 bits per heavy atom. The standard InChI is InChI=1S/C27H24N8O/c1-3-5-25(36)31-19-8-17(11-28-13-19)18-9-21-26(33-34-27(21)29-12-18)23-10-20-22(32-23)6-4-7-24(20)35-14-16(2)30-15-35/h4,6-15,32H,3,5H2,1-2H3,(H,31,36)(H,29,33,34). The first-order valence-electron chi connectivity index (χ1n) is 11.8. The van der Waals surface area contributed by atoms with Crippen molar-refractivity contribution in [3.05, 3.63) is 73.2 Å². The third kappa shape index (κ3) is 3.90. The molecule has 1 amide bonds. The number of aromatic nitrogens is 7. The van der Waals surface area contributed by atoms with Gasteiger partial charge in [0.1, 0.15) is 0 Å². The predicted octanol–water partition coefficient (Wildman–Crippen LogP) is 5.40. The third-order valence-electron chi connectivity index (χ3n) is 6.14. The summed E-state index contributed by atoms with van der Waals surface area (Å²) in [6.07, 6.45) is 10.3. The van der Waals surface area contributed by atoms with Gasteiger partial charge in [-0.2, -0.15) is 5.10 Å². The molecule has 0 saturated carbocycles. The summed E-state index contributed by atoms with van der Waals surface area (Å²) >= 11 is 0. The minimum absolute atomic E-state index is 0.0221. The van der Waals surface area contributed by atoms with Gasteiger partial charge in [-0.1, -0.05) is 13.0 Å². The minimum atomic E-state index is -0.0221. The van der Waals surface area contributed by atoms with Crippen LogP contribution in [0.25, 0.3) is 50.1 Å². The lowest BCUT2D eigenvalue weighted by Gasteiger charge is -2.07. The highest BCUT2D eigenvalue weighted by Crippen LogP contribution is 2.33. The molecule has 36 heavy (non-hydrogen) atoms. The number of benzene rings is 1. The number of rotatable bonds is 6. The molecule has 0 unspecified atom stereocenters. The second-order valence-corrected chi connectivity index (χ2v) is 8.80. The van der Waals surface area contributed by atoms with Crippen LogP contribution in [0.1, 0.15) is 25.5 Å². The van der Waals surface area contributed by atoms with Gasteiger partial charge in [0.05, 0.1) is 41.0 Å². The molecule has 6 rings (SSSR count). The molecule has 0 bridgehead atoms. The molecule has 9 heteroatoms. The van der Waals surface area contributed by atoms with E-state index in [0.717, 1.165) is 56.6 Å². The maximum absolute atomic E-state index is 12.0. The van der Waals surface area contributed by atoms with Crippen LogP contribution in [0.2, 0.25) is 0 Å². The largest absolute Gasteiger partial charge is 0.353 e. The fraction of sp³-hybridized carbons (Fsp3) is 0.148. The summed E-state index contributed by atoms with van der Waals surface area (Å²) in [4.78, 5) is 28.8. The number of pyridine rings is 2. The van der Waals surface area contributed by atoms with Crippen molar-refractivity contribution in [2.75, 3.05) is 5.32 Å². The molecule has 178 valence electrons. The average Bonchev–Trinajstić information content (AvgIpc) is 3.61. The van der Waals surface area contributed by atoms with Crippen molar-refractivity contribution in [2.45, 2.75) is 26.7 Å². The highest BCUT2D eigenvalue weighted by molar-refractivity contribution is 5.98. The van der Waals surface area contributed by atoms with E-state index >= 15 is 0 Å². The van der Waals surface area contributed by atoms with E-state index in [2.05, 4.69) is 53.6 Å². The van der Waals surface area contributed by atoms with Gasteiger partial charge in [0, 0.05) is 52.4 Å². The summed E-state index contributed by atoms with van der Waals surface area (Å²) in [5.41, 5.74) is 7.82. The number of amides is 1. The zero-order valence-corrected chi connectivity index (χ0v) is 19.9. The molecule has 0 spiro atoms. The van der Waals surface area contributed by atoms with Crippen LogP contribution < -0.4 is 5.32 Å². The molecule has 0 fully saturated rings. The number of carbonyl (C=O) groups is 1. The lowest BCUT2D eigenvalue weighted by molar-refractivity contribution is -0.116. The van der Waals surface area contributed by atoms with E-state index in [4.69, 9.17) is 0 Å². The second-order valence-electron chi connectivity index (χ2n) is 8.80. The van der Waals surface area contributed by atoms with Crippen molar-refractivity contribution in [3.8, 4) is 28.2 Å². The van der Waals surface area contributed by atoms with Crippen LogP contribution in [-0.4, -0.2) is 40.6 Å². The maximum atomic E-state index is 12.0. The molecule has 0 saturated heterocycles. The molecule has 0 aliphatic rings. The number of nitrogens with one attached hydrogen (secondary N) is 3. The number of aromatic amines is 2. The lowest BCUT2D eigenvalue weighted by Crippen LogP contribution is -2.10. The monoisotopic (exact) mass is 476 g/mol. The summed E-state index contributed by atoms with van der Waals surface area (Å²) in [5, 5.41) is 12.4. The SMILES string of the molecule is CCCC(=O)Nc1cncc(-c2cnc3n[nH]c(-c4cc5c(-n6cnc(C)c6)cccc5[nH]4)c3c2)c1. The van der Waals surface area contributed by atoms with Crippen LogP contribution in [0.3, 0.4) is 0 Å². The number of nitrogens with zero attached hydrogens (tertiary/aromatic N) is 5. The Balaban J connectivity index is 1.40. The Morgan fingerprint density at radius 2 is 1.94 bits per heavy atom. The first-order valence-corrected chi connectivity index (χ1v) is 11.8. The Labute approximate surface area is 206 Å². The number of carbonyl (C=O) groups excluding carboxylic acids is 1. The van der Waals surface area contributed by atoms with Gasteiger partial charge in [0.25, 0.3) is 0 Å². The number of H-pyrrole nitrogens is 2. The minimum Gasteiger partial charge on any atom is -0.353 e. The third-order valence-corrected chi connectivity index (χ3v) is 6.14. The average molecular weight is 477 g/mol. The first-order chi connectivity index (χ1) is 17.6. The van der Waals surface area contributed by atoms with E-state index in [9.17, 15) is 4.79 Å². The van der Waals surface area contributed by atoms with Crippen molar-refractivity contribution in [2.24, 2.45) is 0 Å². The smallest absolute Gasteiger partial charge is 0.224 e. The van der Waals surface area contributed by atoms with Crippen LogP contribution in [-0.2, 0) is 4.79 Å². The summed E-state index contributed by atoms with van der Waals surface area (Å²) in [6, 6.07) is 12.2. The molecule has 0 radical (unpaired) electrons. The summed E-state index contributed by atoms with van der Waals surface area (Å²) in [5.74, 6) is -0.0221. The van der Waals surface area contributed by atoms with Crippen molar-refractivity contribution < 1.29 is 4.79 Å². The van der Waals surface area contributed by atoms with E-state index in [1.165, 1.54) is 0 Å². The van der Waals surface area contributed by atoms with Gasteiger partial charge in [-0.25, -0.2) is 9.97 Å². The van der Waals surface area contributed by atoms with Gasteiger partial charge in [0.15, 0.2) is 5.65 Å². The van der Waals surface area contributed by atoms with Gasteiger partial charge in [-0.05, 0) is 43.7 Å². The van der Waals surface area contributed by atoms with Crippen LogP contribution in [0.5, 0.6) is 0 Å². The first kappa shape index (κ1) is 21.7. The molecule has 0 aliphatic carbocycles. The molecule has 5 heterocycles. The maximum Gasteiger partial charge on any atom is 0.224 e. The normalized spacial score (nSPS) is 11.4. The number of hydrogen-bond acceptors (Lipinski definition) is 5. The quantitative estimate of drug-likeness (QED) is 0.297. The Kier molecular flexibility index (Phi) is 5.29. The topological polar surface area (TPSA) is 117 Å². The second kappa shape index (κ2) is 8.77. The molecule has 6 aromatic rings. The molecule has 9 nitrogen and oxygen atoms in total. The van der Waals surface area contributed by atoms with Gasteiger partial charge >= 0.3 is 0 Å². The summed E-state index contributed by atoms with van der Waals surface area (Å²) in [7, 11) is 0. The van der Waals surface area contributed by atoms with Crippen LogP contribution >= 0.6 is 0 Å². The molecule has 5 aromatic heterocycles. The Bertz CT molecular complexity index is 1720. The number of aryl methyl sites for hydroxylation is 1. The lowest BCUT2D eigenvalue weighted by atomic mass is 10.1. The van der Waals surface area contributed by atoms with E-state index in [0.29, 0.717) is 17.8 Å². The number of imidazole rings is 1. The molecule has 0 atom stereocenters. The van der Waals surface area contributed by atoms with E-state index < -0.39 is 0 Å². The fourth-order valence-corrected chi connectivity index (χ4v) is 4.43. The summed E-state index contributed by atoms with van der Waals surface area (Å²) in [6.45, 7) is 3.95. The fourth-order valence-electron chi connectivity index (χ4n) is 4.43. The summed E-state index contributed by atoms with van der Waals surface area (Å²) < 4.78 is 2.03. The molecular formula is C27H24N8O. The molecule has 3 N–H and O–H groups in total. The van der Waals surface area contributed by atoms with Crippen molar-refractivity contribution in [3.63, 3.8) is 0 Å². The van der Waals surface area contributed by atoms with E-state index in [1.54, 1.807) is 18.6 Å². The molecular weight excluding hydrogens is 452 g/mol. The highest BCUT2D eigenvalue weighted by Gasteiger charge is 2.15. The van der Waals surface area contributed by atoms with Crippen molar-refractivity contribution in [1.82, 2.24) is 34.7 Å². The molecule has 1 aromatic carbocycles. The highest BCUT2D eigenvalue weighted by atomic mass is 16.1. The van der Waals surface area contributed by atoms with Gasteiger partial charge in [-0.15, -0.1) is 0 Å². The van der Waals surface area contributed by atoms with Crippen molar-refractivity contribution >= 4 is 33.5 Å². The van der Waals surface area contributed by atoms with Crippen LogP contribution in [0, 0.1) is 6.92 Å². The number of fused-ring (bicyclic) bond motifs is 2. The van der Waals surface area contributed by atoms with Crippen molar-refractivity contribution in [1.29, 1.82) is 0 Å². The van der Waals surface area contributed by atoms with Crippen LogP contribution in [0.4, 0.5) is 5.69 Å². The Hall–Kier alpha value is -4.79. The van der Waals surface area contributed by atoms with Gasteiger partial charge in [0.2, 0.25) is 5.91 Å². The van der Waals surface area contributed by atoms with E-state index in [-0.39, 0.29) is 5.91 Å². The number of anilines is 1. The Morgan fingerprint density at radius 3 is 2.78 bits per heavy atom.